The number of methoxy groups -OCH3 is 1. The van der Waals surface area contributed by atoms with Gasteiger partial charge in [0, 0.05) is 18.9 Å². The van der Waals surface area contributed by atoms with E-state index in [4.69, 9.17) is 4.74 Å². The molecule has 0 radical (unpaired) electrons. The summed E-state index contributed by atoms with van der Waals surface area (Å²) in [6.45, 7) is 0. The number of fused-ring (bicyclic) bond motifs is 12. The zero-order valence-electron chi connectivity index (χ0n) is 14.4. The van der Waals surface area contributed by atoms with Gasteiger partial charge in [0.25, 0.3) is 0 Å². The molecular weight excluding hydrogens is 272 g/mol. The second-order valence-corrected chi connectivity index (χ2v) is 8.01. The average molecular weight is 306 g/mol. The molecule has 0 aliphatic heterocycles. The van der Waals surface area contributed by atoms with Crippen LogP contribution < -0.4 is 0 Å². The summed E-state index contributed by atoms with van der Waals surface area (Å²) >= 11 is 0. The zero-order chi connectivity index (χ0) is 15.4. The van der Waals surface area contributed by atoms with Gasteiger partial charge in [-0.1, -0.05) is 70.6 Å². The summed E-state index contributed by atoms with van der Waals surface area (Å²) in [5.74, 6) is 1.68. The van der Waals surface area contributed by atoms with E-state index in [0.29, 0.717) is 17.6 Å². The normalized spacial score (nSPS) is 41.1. The number of rotatable bonds is 1. The Hall–Kier alpha value is -0.370. The molecule has 0 spiro atoms. The molecule has 22 heavy (non-hydrogen) atoms. The first kappa shape index (κ1) is 16.5. The van der Waals surface area contributed by atoms with Crippen LogP contribution in [0.3, 0.4) is 0 Å². The van der Waals surface area contributed by atoms with Crippen LogP contribution >= 0.6 is 0 Å². The maximum absolute atomic E-state index is 12.7. The number of carbonyl (C=O) groups excluding carboxylic acids is 1. The lowest BCUT2D eigenvalue weighted by atomic mass is 9.90. The van der Waals surface area contributed by atoms with Crippen LogP contribution in [-0.2, 0) is 9.53 Å². The lowest BCUT2D eigenvalue weighted by Crippen LogP contribution is -2.19. The Morgan fingerprint density at radius 3 is 1.82 bits per heavy atom. The van der Waals surface area contributed by atoms with E-state index in [-0.39, 0.29) is 11.5 Å². The summed E-state index contributed by atoms with van der Waals surface area (Å²) in [4.78, 5) is 12.7. The second-order valence-electron chi connectivity index (χ2n) is 8.01. The Morgan fingerprint density at radius 1 is 0.818 bits per heavy atom. The number of Topliss-reactive ketones (excluding diaryl/α,β-unsaturated/α-hetero) is 1. The summed E-state index contributed by atoms with van der Waals surface area (Å²) in [6.07, 6.45) is 18.4. The Morgan fingerprint density at radius 2 is 1.32 bits per heavy atom. The van der Waals surface area contributed by atoms with E-state index in [2.05, 4.69) is 0 Å². The highest BCUT2D eigenvalue weighted by atomic mass is 16.5. The lowest BCUT2D eigenvalue weighted by Gasteiger charge is -2.18. The Labute approximate surface area is 136 Å². The lowest BCUT2D eigenvalue weighted by molar-refractivity contribution is -0.123. The molecule has 0 heterocycles. The first-order chi connectivity index (χ1) is 10.8. The van der Waals surface area contributed by atoms with E-state index >= 15 is 0 Å². The van der Waals surface area contributed by atoms with E-state index in [9.17, 15) is 4.79 Å². The van der Waals surface area contributed by atoms with Crippen molar-refractivity contribution in [1.82, 2.24) is 0 Å². The largest absolute Gasteiger partial charge is 0.377 e. The summed E-state index contributed by atoms with van der Waals surface area (Å²) in [5.41, 5.74) is -0.0320. The van der Waals surface area contributed by atoms with E-state index in [1.807, 2.05) is 7.11 Å². The SMILES string of the molecule is COC12CC3CCCCCCCCCCCCCC1C2C3=O. The van der Waals surface area contributed by atoms with Crippen molar-refractivity contribution in [3.63, 3.8) is 0 Å². The molecule has 4 unspecified atom stereocenters. The van der Waals surface area contributed by atoms with Gasteiger partial charge < -0.3 is 4.74 Å². The van der Waals surface area contributed by atoms with Gasteiger partial charge in [-0.25, -0.2) is 0 Å². The quantitative estimate of drug-likeness (QED) is 0.658. The van der Waals surface area contributed by atoms with Gasteiger partial charge >= 0.3 is 0 Å². The Bertz CT molecular complexity index is 378. The predicted octanol–water partition coefficient (Wildman–Crippen LogP) is 5.29. The number of hydrogen-bond donors (Lipinski definition) is 0. The van der Waals surface area contributed by atoms with E-state index in [0.717, 1.165) is 12.8 Å². The highest BCUT2D eigenvalue weighted by Crippen LogP contribution is 2.65. The molecule has 4 fully saturated rings. The molecule has 0 saturated heterocycles. The molecule has 4 rings (SSSR count). The summed E-state index contributed by atoms with van der Waals surface area (Å²) in [5, 5.41) is 0. The molecular formula is C20H34O2. The molecule has 2 heteroatoms. The van der Waals surface area contributed by atoms with Gasteiger partial charge in [-0.15, -0.1) is 0 Å². The van der Waals surface area contributed by atoms with Gasteiger partial charge in [-0.3, -0.25) is 4.79 Å². The minimum absolute atomic E-state index is 0.0320. The van der Waals surface area contributed by atoms with Crippen LogP contribution in [0.5, 0.6) is 0 Å². The molecule has 4 aliphatic rings. The first-order valence-electron chi connectivity index (χ1n) is 9.88. The number of carbonyl (C=O) groups is 1. The smallest absolute Gasteiger partial charge is 0.142 e. The van der Waals surface area contributed by atoms with Crippen LogP contribution in [0.25, 0.3) is 0 Å². The van der Waals surface area contributed by atoms with Crippen molar-refractivity contribution < 1.29 is 9.53 Å². The molecule has 2 nitrogen and oxygen atoms in total. The molecule has 0 aromatic rings. The third kappa shape index (κ3) is 3.27. The van der Waals surface area contributed by atoms with Crippen LogP contribution in [0.4, 0.5) is 0 Å². The third-order valence-electron chi connectivity index (χ3n) is 6.67. The van der Waals surface area contributed by atoms with Crippen molar-refractivity contribution in [3.8, 4) is 0 Å². The van der Waals surface area contributed by atoms with Gasteiger partial charge in [0.1, 0.15) is 5.78 Å². The first-order valence-corrected chi connectivity index (χ1v) is 9.88. The minimum atomic E-state index is -0.0320. The van der Waals surface area contributed by atoms with Crippen molar-refractivity contribution in [2.24, 2.45) is 17.8 Å². The van der Waals surface area contributed by atoms with Crippen molar-refractivity contribution in [2.75, 3.05) is 7.11 Å². The zero-order valence-corrected chi connectivity index (χ0v) is 14.4. The van der Waals surface area contributed by atoms with Gasteiger partial charge in [0.2, 0.25) is 0 Å². The number of ether oxygens (including phenoxy) is 1. The predicted molar refractivity (Wildman–Crippen MR) is 89.9 cm³/mol. The fourth-order valence-corrected chi connectivity index (χ4v) is 5.31. The van der Waals surface area contributed by atoms with E-state index < -0.39 is 0 Å². The van der Waals surface area contributed by atoms with Crippen molar-refractivity contribution in [1.29, 1.82) is 0 Å². The summed E-state index contributed by atoms with van der Waals surface area (Å²) in [6, 6.07) is 0. The van der Waals surface area contributed by atoms with Crippen LogP contribution in [0, 0.1) is 17.8 Å². The summed E-state index contributed by atoms with van der Waals surface area (Å²) < 4.78 is 5.88. The van der Waals surface area contributed by atoms with Gasteiger partial charge in [0.05, 0.1) is 11.5 Å². The molecule has 4 saturated carbocycles. The van der Waals surface area contributed by atoms with Crippen LogP contribution in [-0.4, -0.2) is 18.5 Å². The minimum Gasteiger partial charge on any atom is -0.377 e. The maximum Gasteiger partial charge on any atom is 0.142 e. The fraction of sp³-hybridized carbons (Fsp3) is 0.950. The highest BCUT2D eigenvalue weighted by molar-refractivity contribution is 5.91. The van der Waals surface area contributed by atoms with Gasteiger partial charge in [-0.05, 0) is 19.3 Å². The number of ketones is 1. The molecule has 4 aliphatic carbocycles. The molecule has 4 atom stereocenters. The summed E-state index contributed by atoms with van der Waals surface area (Å²) in [7, 11) is 1.84. The fourth-order valence-electron chi connectivity index (χ4n) is 5.31. The Kier molecular flexibility index (Phi) is 5.60. The molecule has 0 N–H and O–H groups in total. The number of hydrogen-bond acceptors (Lipinski definition) is 2. The highest BCUT2D eigenvalue weighted by Gasteiger charge is 2.73. The van der Waals surface area contributed by atoms with Gasteiger partial charge in [0.15, 0.2) is 0 Å². The molecule has 0 aromatic heterocycles. The third-order valence-corrected chi connectivity index (χ3v) is 6.67. The van der Waals surface area contributed by atoms with Gasteiger partial charge in [-0.2, -0.15) is 0 Å². The molecule has 4 bridgehead atoms. The van der Waals surface area contributed by atoms with E-state index in [1.165, 1.54) is 77.0 Å². The average Bonchev–Trinajstić information content (AvgIpc) is 3.06. The van der Waals surface area contributed by atoms with Crippen LogP contribution in [0.1, 0.15) is 89.9 Å². The topological polar surface area (TPSA) is 26.3 Å². The van der Waals surface area contributed by atoms with E-state index in [1.54, 1.807) is 0 Å². The van der Waals surface area contributed by atoms with Crippen molar-refractivity contribution in [3.05, 3.63) is 0 Å². The molecule has 0 aromatic carbocycles. The van der Waals surface area contributed by atoms with Crippen LogP contribution in [0.15, 0.2) is 0 Å². The Balaban J connectivity index is 1.55. The molecule has 0 amide bonds. The standard InChI is InChI=1S/C20H34O2/c1-22-20-15-16-13-11-9-7-5-3-2-4-6-8-10-12-14-17(20)18(20)19(16)21/h16-18H,2-15H2,1H3. The van der Waals surface area contributed by atoms with Crippen molar-refractivity contribution in [2.45, 2.75) is 95.5 Å². The van der Waals surface area contributed by atoms with Crippen molar-refractivity contribution >= 4 is 5.78 Å². The monoisotopic (exact) mass is 306 g/mol. The maximum atomic E-state index is 12.7. The second kappa shape index (κ2) is 7.47. The molecule has 126 valence electrons. The van der Waals surface area contributed by atoms with Crippen LogP contribution in [0.2, 0.25) is 0 Å².